The fourth-order valence-electron chi connectivity index (χ4n) is 2.13. The molecule has 24 heavy (non-hydrogen) atoms. The van der Waals surface area contributed by atoms with Gasteiger partial charge < -0.3 is 14.2 Å². The van der Waals surface area contributed by atoms with Crippen LogP contribution in [0.2, 0.25) is 0 Å². The van der Waals surface area contributed by atoms with E-state index in [0.717, 1.165) is 11.1 Å². The van der Waals surface area contributed by atoms with Crippen LogP contribution in [0.15, 0.2) is 73.0 Å². The summed E-state index contributed by atoms with van der Waals surface area (Å²) >= 11 is 0. The molecular weight excluding hydrogens is 302 g/mol. The van der Waals surface area contributed by atoms with E-state index in [1.54, 1.807) is 13.2 Å². The van der Waals surface area contributed by atoms with E-state index in [0.29, 0.717) is 13.2 Å². The van der Waals surface area contributed by atoms with Gasteiger partial charge in [-0.1, -0.05) is 60.7 Å². The molecule has 0 aliphatic rings. The third-order valence-electron chi connectivity index (χ3n) is 3.39. The van der Waals surface area contributed by atoms with Crippen molar-refractivity contribution >= 4 is 0 Å². The Morgan fingerprint density at radius 1 is 0.917 bits per heavy atom. The highest BCUT2D eigenvalue weighted by Gasteiger charge is 2.21. The summed E-state index contributed by atoms with van der Waals surface area (Å²) in [5.74, 6) is 0. The third kappa shape index (κ3) is 5.88. The van der Waals surface area contributed by atoms with Crippen molar-refractivity contribution in [1.82, 2.24) is 0 Å². The number of benzene rings is 2. The molecule has 0 aromatic heterocycles. The van der Waals surface area contributed by atoms with Gasteiger partial charge in [0, 0.05) is 0 Å². The summed E-state index contributed by atoms with van der Waals surface area (Å²) in [5.41, 5.74) is 2.04. The molecule has 124 valence electrons. The zero-order chi connectivity index (χ0) is 17.0. The van der Waals surface area contributed by atoms with Gasteiger partial charge in [0.25, 0.3) is 0 Å². The predicted octanol–water partition coefficient (Wildman–Crippen LogP) is 3.84. The zero-order valence-corrected chi connectivity index (χ0v) is 13.7. The maximum absolute atomic E-state index is 9.44. The lowest BCUT2D eigenvalue weighted by atomic mass is 10.2. The molecule has 4 heteroatoms. The van der Waals surface area contributed by atoms with Crippen molar-refractivity contribution in [3.8, 4) is 6.07 Å². The molecule has 0 saturated heterocycles. The normalized spacial score (nSPS) is 13.3. The molecule has 0 radical (unpaired) electrons. The minimum Gasteiger partial charge on any atom is -0.505 e. The highest BCUT2D eigenvalue weighted by molar-refractivity contribution is 5.15. The van der Waals surface area contributed by atoms with Crippen LogP contribution in [0.25, 0.3) is 0 Å². The van der Waals surface area contributed by atoms with Gasteiger partial charge in [-0.3, -0.25) is 0 Å². The van der Waals surface area contributed by atoms with Crippen molar-refractivity contribution < 1.29 is 14.2 Å². The molecule has 0 N–H and O–H groups in total. The van der Waals surface area contributed by atoms with Crippen molar-refractivity contribution in [2.45, 2.75) is 25.4 Å². The second kappa shape index (κ2) is 10.2. The number of hydrogen-bond donors (Lipinski definition) is 0. The molecule has 2 aromatic carbocycles. The first-order valence-corrected chi connectivity index (χ1v) is 7.73. The molecular formula is C20H21NO3. The average molecular weight is 323 g/mol. The molecule has 2 atom stereocenters. The lowest BCUT2D eigenvalue weighted by Gasteiger charge is -2.20. The van der Waals surface area contributed by atoms with Crippen molar-refractivity contribution in [2.24, 2.45) is 0 Å². The van der Waals surface area contributed by atoms with Crippen molar-refractivity contribution in [2.75, 3.05) is 7.11 Å². The Kier molecular flexibility index (Phi) is 7.55. The maximum atomic E-state index is 9.44. The largest absolute Gasteiger partial charge is 0.505 e. The lowest BCUT2D eigenvalue weighted by molar-refractivity contribution is -0.0394. The van der Waals surface area contributed by atoms with Crippen LogP contribution in [0.4, 0.5) is 0 Å². The van der Waals surface area contributed by atoms with Gasteiger partial charge in [0.2, 0.25) is 0 Å². The van der Waals surface area contributed by atoms with E-state index >= 15 is 0 Å². The smallest absolute Gasteiger partial charge is 0.174 e. The number of nitriles is 1. The van der Waals surface area contributed by atoms with Gasteiger partial charge in [-0.05, 0) is 17.2 Å². The van der Waals surface area contributed by atoms with E-state index in [4.69, 9.17) is 14.2 Å². The van der Waals surface area contributed by atoms with Crippen LogP contribution in [0.5, 0.6) is 0 Å². The maximum Gasteiger partial charge on any atom is 0.174 e. The van der Waals surface area contributed by atoms with E-state index in [1.165, 1.54) is 6.26 Å². The molecule has 0 spiro atoms. The van der Waals surface area contributed by atoms with E-state index in [1.807, 2.05) is 60.7 Å². The van der Waals surface area contributed by atoms with E-state index in [9.17, 15) is 5.26 Å². The minimum absolute atomic E-state index is 0.352. The summed E-state index contributed by atoms with van der Waals surface area (Å²) in [6.07, 6.45) is 1.97. The van der Waals surface area contributed by atoms with E-state index in [2.05, 4.69) is 6.07 Å². The first-order chi connectivity index (χ1) is 11.8. The third-order valence-corrected chi connectivity index (χ3v) is 3.39. The summed E-state index contributed by atoms with van der Waals surface area (Å²) in [4.78, 5) is 0. The molecule has 0 unspecified atom stereocenters. The SMILES string of the molecule is CO/C=C/[C@@H](OCc1ccccc1)[C@@H](C#N)OCc1ccccc1. The average Bonchev–Trinajstić information content (AvgIpc) is 2.65. The van der Waals surface area contributed by atoms with Crippen LogP contribution < -0.4 is 0 Å². The summed E-state index contributed by atoms with van der Waals surface area (Å²) in [7, 11) is 1.55. The van der Waals surface area contributed by atoms with Crippen molar-refractivity contribution in [1.29, 1.82) is 5.26 Å². The number of hydrogen-bond acceptors (Lipinski definition) is 4. The first-order valence-electron chi connectivity index (χ1n) is 7.73. The molecule has 2 aromatic rings. The minimum atomic E-state index is -0.722. The molecule has 0 bridgehead atoms. The number of ether oxygens (including phenoxy) is 3. The Bertz CT molecular complexity index is 650. The highest BCUT2D eigenvalue weighted by Crippen LogP contribution is 2.12. The van der Waals surface area contributed by atoms with Gasteiger partial charge >= 0.3 is 0 Å². The topological polar surface area (TPSA) is 51.5 Å². The quantitative estimate of drug-likeness (QED) is 0.658. The highest BCUT2D eigenvalue weighted by atomic mass is 16.5. The Morgan fingerprint density at radius 2 is 1.46 bits per heavy atom. The van der Waals surface area contributed by atoms with Crippen LogP contribution in [-0.2, 0) is 27.4 Å². The second-order valence-electron chi connectivity index (χ2n) is 5.17. The van der Waals surface area contributed by atoms with E-state index < -0.39 is 12.2 Å². The summed E-state index contributed by atoms with van der Waals surface area (Å²) < 4.78 is 16.5. The van der Waals surface area contributed by atoms with Crippen LogP contribution in [0, 0.1) is 11.3 Å². The first kappa shape index (κ1) is 17.7. The van der Waals surface area contributed by atoms with E-state index in [-0.39, 0.29) is 0 Å². The fraction of sp³-hybridized carbons (Fsp3) is 0.250. The Morgan fingerprint density at radius 3 is 1.96 bits per heavy atom. The Labute approximate surface area is 142 Å². The lowest BCUT2D eigenvalue weighted by Crippen LogP contribution is -2.28. The van der Waals surface area contributed by atoms with Crippen molar-refractivity contribution in [3.63, 3.8) is 0 Å². The molecule has 4 nitrogen and oxygen atoms in total. The van der Waals surface area contributed by atoms with Gasteiger partial charge in [0.15, 0.2) is 6.10 Å². The molecule has 0 amide bonds. The molecule has 2 rings (SSSR count). The number of methoxy groups -OCH3 is 1. The molecule has 0 saturated carbocycles. The van der Waals surface area contributed by atoms with Gasteiger partial charge in [0.05, 0.1) is 32.7 Å². The number of rotatable bonds is 9. The van der Waals surface area contributed by atoms with Crippen molar-refractivity contribution in [3.05, 3.63) is 84.1 Å². The summed E-state index contributed by atoms with van der Waals surface area (Å²) in [6.45, 7) is 0.748. The zero-order valence-electron chi connectivity index (χ0n) is 13.7. The van der Waals surface area contributed by atoms with Crippen LogP contribution in [0.1, 0.15) is 11.1 Å². The molecule has 0 aliphatic carbocycles. The Hall–Kier alpha value is -2.61. The standard InChI is InChI=1S/C20H21NO3/c1-22-13-12-19(23-15-17-8-4-2-5-9-17)20(14-21)24-16-18-10-6-3-7-11-18/h2-13,19-20H,15-16H2,1H3/b13-12+/t19-,20-/m1/s1. The molecule has 0 heterocycles. The monoisotopic (exact) mass is 323 g/mol. The predicted molar refractivity (Wildman–Crippen MR) is 91.8 cm³/mol. The van der Waals surface area contributed by atoms with Crippen LogP contribution in [-0.4, -0.2) is 19.3 Å². The van der Waals surface area contributed by atoms with Crippen LogP contribution in [0.3, 0.4) is 0 Å². The van der Waals surface area contributed by atoms with Crippen LogP contribution >= 0.6 is 0 Å². The molecule has 0 fully saturated rings. The number of nitrogens with zero attached hydrogens (tertiary/aromatic N) is 1. The van der Waals surface area contributed by atoms with Gasteiger partial charge in [0.1, 0.15) is 6.10 Å². The van der Waals surface area contributed by atoms with Gasteiger partial charge in [-0.2, -0.15) is 5.26 Å². The summed E-state index contributed by atoms with van der Waals surface area (Å²) in [6, 6.07) is 21.7. The fourth-order valence-corrected chi connectivity index (χ4v) is 2.13. The van der Waals surface area contributed by atoms with Gasteiger partial charge in [-0.15, -0.1) is 0 Å². The Balaban J connectivity index is 1.98. The van der Waals surface area contributed by atoms with Gasteiger partial charge in [-0.25, -0.2) is 0 Å². The second-order valence-corrected chi connectivity index (χ2v) is 5.17. The molecule has 0 aliphatic heterocycles. The summed E-state index contributed by atoms with van der Waals surface area (Å²) in [5, 5.41) is 9.44.